The highest BCUT2D eigenvalue weighted by molar-refractivity contribution is 5.58. The predicted molar refractivity (Wildman–Crippen MR) is 69.7 cm³/mol. The van der Waals surface area contributed by atoms with E-state index in [2.05, 4.69) is 20.3 Å². The van der Waals surface area contributed by atoms with Crippen molar-refractivity contribution in [3.05, 3.63) is 51.7 Å². The molecule has 0 radical (unpaired) electrons. The van der Waals surface area contributed by atoms with Gasteiger partial charge in [0.15, 0.2) is 0 Å². The third-order valence-electron chi connectivity index (χ3n) is 2.46. The first-order valence-corrected chi connectivity index (χ1v) is 5.67. The van der Waals surface area contributed by atoms with E-state index in [4.69, 9.17) is 5.26 Å². The lowest BCUT2D eigenvalue weighted by Gasteiger charge is -2.06. The minimum atomic E-state index is -0.582. The summed E-state index contributed by atoms with van der Waals surface area (Å²) in [7, 11) is 0. The number of aryl methyl sites for hydroxylation is 1. The molecule has 0 aliphatic rings. The predicted octanol–water partition coefficient (Wildman–Crippen LogP) is 1.57. The van der Waals surface area contributed by atoms with E-state index in [1.165, 1.54) is 12.3 Å². The van der Waals surface area contributed by atoms with Gasteiger partial charge in [0.25, 0.3) is 0 Å². The van der Waals surface area contributed by atoms with Crippen molar-refractivity contribution in [1.29, 1.82) is 5.26 Å². The first kappa shape index (κ1) is 13.4. The standard InChI is InChI=1S/C12H10N6O2/c1-8-14-3-2-10(17-8)7-16-12-11(18(19)20)4-9(5-13)6-15-12/h2-4,6H,7H2,1H3,(H,15,16). The summed E-state index contributed by atoms with van der Waals surface area (Å²) in [6, 6.07) is 4.70. The molecule has 0 aliphatic heterocycles. The monoisotopic (exact) mass is 270 g/mol. The quantitative estimate of drug-likeness (QED) is 0.661. The molecule has 0 atom stereocenters. The van der Waals surface area contributed by atoms with Crippen LogP contribution in [0.2, 0.25) is 0 Å². The largest absolute Gasteiger partial charge is 0.359 e. The van der Waals surface area contributed by atoms with Crippen molar-refractivity contribution < 1.29 is 4.92 Å². The van der Waals surface area contributed by atoms with E-state index < -0.39 is 4.92 Å². The number of hydrogen-bond acceptors (Lipinski definition) is 7. The van der Waals surface area contributed by atoms with Crippen LogP contribution in [0.3, 0.4) is 0 Å². The number of aromatic nitrogens is 3. The van der Waals surface area contributed by atoms with Gasteiger partial charge in [0, 0.05) is 18.5 Å². The van der Waals surface area contributed by atoms with Gasteiger partial charge < -0.3 is 5.32 Å². The van der Waals surface area contributed by atoms with Crippen LogP contribution in [0, 0.1) is 28.4 Å². The molecule has 8 heteroatoms. The van der Waals surface area contributed by atoms with Gasteiger partial charge in [-0.2, -0.15) is 5.26 Å². The fourth-order valence-corrected chi connectivity index (χ4v) is 1.57. The Morgan fingerprint density at radius 1 is 1.50 bits per heavy atom. The molecule has 0 aromatic carbocycles. The average Bonchev–Trinajstić information content (AvgIpc) is 2.45. The molecule has 2 rings (SSSR count). The molecule has 0 spiro atoms. The zero-order valence-electron chi connectivity index (χ0n) is 10.6. The van der Waals surface area contributed by atoms with Crippen LogP contribution in [0.15, 0.2) is 24.5 Å². The second kappa shape index (κ2) is 5.71. The molecular weight excluding hydrogens is 260 g/mol. The zero-order chi connectivity index (χ0) is 14.5. The van der Waals surface area contributed by atoms with Crippen LogP contribution in [-0.2, 0) is 6.54 Å². The first-order chi connectivity index (χ1) is 9.60. The van der Waals surface area contributed by atoms with E-state index in [1.807, 2.05) is 6.07 Å². The Kier molecular flexibility index (Phi) is 3.81. The maximum Gasteiger partial charge on any atom is 0.312 e. The fraction of sp³-hybridized carbons (Fsp3) is 0.167. The van der Waals surface area contributed by atoms with Gasteiger partial charge in [-0.15, -0.1) is 0 Å². The van der Waals surface area contributed by atoms with Crippen LogP contribution in [0.4, 0.5) is 11.5 Å². The molecule has 0 fully saturated rings. The van der Waals surface area contributed by atoms with Crippen molar-refractivity contribution in [3.8, 4) is 6.07 Å². The van der Waals surface area contributed by atoms with E-state index in [0.717, 1.165) is 0 Å². The maximum absolute atomic E-state index is 10.9. The summed E-state index contributed by atoms with van der Waals surface area (Å²) >= 11 is 0. The Labute approximate surface area is 114 Å². The number of rotatable bonds is 4. The van der Waals surface area contributed by atoms with Gasteiger partial charge in [-0.05, 0) is 13.0 Å². The summed E-state index contributed by atoms with van der Waals surface area (Å²) in [5.74, 6) is 0.719. The molecule has 2 aromatic heterocycles. The molecule has 8 nitrogen and oxygen atoms in total. The molecule has 0 saturated heterocycles. The maximum atomic E-state index is 10.9. The van der Waals surface area contributed by atoms with Crippen LogP contribution in [0.5, 0.6) is 0 Å². The zero-order valence-corrected chi connectivity index (χ0v) is 10.6. The molecule has 1 N–H and O–H groups in total. The van der Waals surface area contributed by atoms with Crippen molar-refractivity contribution in [1.82, 2.24) is 15.0 Å². The van der Waals surface area contributed by atoms with Crippen molar-refractivity contribution >= 4 is 11.5 Å². The van der Waals surface area contributed by atoms with E-state index >= 15 is 0 Å². The minimum absolute atomic E-state index is 0.102. The topological polar surface area (TPSA) is 118 Å². The van der Waals surface area contributed by atoms with Crippen LogP contribution >= 0.6 is 0 Å². The highest BCUT2D eigenvalue weighted by Crippen LogP contribution is 2.22. The minimum Gasteiger partial charge on any atom is -0.359 e. The lowest BCUT2D eigenvalue weighted by atomic mass is 10.2. The highest BCUT2D eigenvalue weighted by Gasteiger charge is 2.16. The number of pyridine rings is 1. The van der Waals surface area contributed by atoms with E-state index in [1.54, 1.807) is 19.2 Å². The van der Waals surface area contributed by atoms with Gasteiger partial charge in [-0.25, -0.2) is 15.0 Å². The summed E-state index contributed by atoms with van der Waals surface area (Å²) in [5, 5.41) is 22.5. The van der Waals surface area contributed by atoms with Crippen molar-refractivity contribution in [2.75, 3.05) is 5.32 Å². The third-order valence-corrected chi connectivity index (χ3v) is 2.46. The van der Waals surface area contributed by atoms with Crippen molar-refractivity contribution in [3.63, 3.8) is 0 Å². The Balaban J connectivity index is 2.21. The summed E-state index contributed by atoms with van der Waals surface area (Å²) < 4.78 is 0. The van der Waals surface area contributed by atoms with E-state index in [-0.39, 0.29) is 23.6 Å². The van der Waals surface area contributed by atoms with Crippen LogP contribution in [0.25, 0.3) is 0 Å². The van der Waals surface area contributed by atoms with Crippen molar-refractivity contribution in [2.24, 2.45) is 0 Å². The molecule has 0 bridgehead atoms. The Morgan fingerprint density at radius 3 is 2.95 bits per heavy atom. The first-order valence-electron chi connectivity index (χ1n) is 5.67. The molecule has 0 amide bonds. The SMILES string of the molecule is Cc1nccc(CNc2ncc(C#N)cc2[N+](=O)[O-])n1. The Bertz CT molecular complexity index is 695. The molecule has 0 saturated carbocycles. The van der Waals surface area contributed by atoms with Crippen LogP contribution in [-0.4, -0.2) is 19.9 Å². The summed E-state index contributed by atoms with van der Waals surface area (Å²) in [6.07, 6.45) is 2.89. The van der Waals surface area contributed by atoms with Crippen molar-refractivity contribution in [2.45, 2.75) is 13.5 Å². The van der Waals surface area contributed by atoms with Gasteiger partial charge in [-0.1, -0.05) is 0 Å². The van der Waals surface area contributed by atoms with Gasteiger partial charge in [0.1, 0.15) is 11.9 Å². The summed E-state index contributed by atoms with van der Waals surface area (Å²) in [4.78, 5) is 22.4. The summed E-state index contributed by atoms with van der Waals surface area (Å²) in [6.45, 7) is 2.04. The summed E-state index contributed by atoms with van der Waals surface area (Å²) in [5.41, 5.74) is 0.591. The molecule has 100 valence electrons. The Morgan fingerprint density at radius 2 is 2.30 bits per heavy atom. The van der Waals surface area contributed by atoms with Crippen LogP contribution < -0.4 is 5.32 Å². The third kappa shape index (κ3) is 3.02. The normalized spacial score (nSPS) is 9.80. The van der Waals surface area contributed by atoms with Gasteiger partial charge in [0.05, 0.1) is 22.7 Å². The van der Waals surface area contributed by atoms with E-state index in [9.17, 15) is 10.1 Å². The number of nitrogens with zero attached hydrogens (tertiary/aromatic N) is 5. The van der Waals surface area contributed by atoms with E-state index in [0.29, 0.717) is 11.5 Å². The smallest absolute Gasteiger partial charge is 0.312 e. The van der Waals surface area contributed by atoms with Gasteiger partial charge in [-0.3, -0.25) is 10.1 Å². The Hall–Kier alpha value is -3.08. The molecule has 0 unspecified atom stereocenters. The number of anilines is 1. The number of nitriles is 1. The molecule has 2 heterocycles. The molecule has 20 heavy (non-hydrogen) atoms. The molecule has 2 aromatic rings. The molecular formula is C12H10N6O2. The van der Waals surface area contributed by atoms with Gasteiger partial charge in [0.2, 0.25) is 5.82 Å². The lowest BCUT2D eigenvalue weighted by Crippen LogP contribution is -2.07. The van der Waals surface area contributed by atoms with Crippen LogP contribution in [0.1, 0.15) is 17.1 Å². The number of nitrogens with one attached hydrogen (secondary N) is 1. The second-order valence-corrected chi connectivity index (χ2v) is 3.91. The number of nitro groups is 1. The number of hydrogen-bond donors (Lipinski definition) is 1. The lowest BCUT2D eigenvalue weighted by molar-refractivity contribution is -0.384. The second-order valence-electron chi connectivity index (χ2n) is 3.91. The highest BCUT2D eigenvalue weighted by atomic mass is 16.6. The fourth-order valence-electron chi connectivity index (χ4n) is 1.57. The average molecular weight is 270 g/mol. The van der Waals surface area contributed by atoms with Gasteiger partial charge >= 0.3 is 5.69 Å². The molecule has 0 aliphatic carbocycles.